The molecule has 1 heterocycles. The number of nitrogens with one attached hydrogen (secondary N) is 4. The van der Waals surface area contributed by atoms with Gasteiger partial charge in [0.25, 0.3) is 5.91 Å². The Balaban J connectivity index is 1.56. The summed E-state index contributed by atoms with van der Waals surface area (Å²) < 4.78 is 25.6. The molecular weight excluding hydrogens is 673 g/mol. The standard InChI is InChI=1S/C37H64N6O7S/c1-9-14-27(30(44)33(46)38-21-10-2)40-32(45)29-25-15-18-37(19-20-37)26(25)22-43(29)34(47)31(36(6)16-12-11-13-17-36)41-50-24-39-28(35(3,4)5)23-42(7)51(8,48)49/h10,25-29,31,39,41H,2,9,11-24H2,1,3-8H3,(H,38,46)(H,40,45)/t25-,26-,27?,28+,29-,31+/m0/s1. The molecular formula is C37H64N6O7S. The molecule has 4 rings (SSSR count). The van der Waals surface area contributed by atoms with Crippen LogP contribution in [0.1, 0.15) is 105 Å². The Hall–Kier alpha value is -2.39. The second kappa shape index (κ2) is 16.7. The number of amides is 3. The summed E-state index contributed by atoms with van der Waals surface area (Å²) in [6, 6.07) is -2.71. The van der Waals surface area contributed by atoms with Crippen LogP contribution < -0.4 is 21.4 Å². The van der Waals surface area contributed by atoms with Gasteiger partial charge < -0.3 is 15.5 Å². The first-order chi connectivity index (χ1) is 23.9. The van der Waals surface area contributed by atoms with Gasteiger partial charge in [0.15, 0.2) is 0 Å². The van der Waals surface area contributed by atoms with E-state index in [-0.39, 0.29) is 60.3 Å². The molecule has 1 spiro atoms. The zero-order chi connectivity index (χ0) is 37.8. The molecule has 4 fully saturated rings. The maximum Gasteiger partial charge on any atom is 0.289 e. The van der Waals surface area contributed by atoms with Crippen molar-refractivity contribution in [1.29, 1.82) is 0 Å². The number of rotatable bonds is 18. The lowest BCUT2D eigenvalue weighted by Crippen LogP contribution is -2.60. The first kappa shape index (κ1) is 41.4. The summed E-state index contributed by atoms with van der Waals surface area (Å²) in [6.45, 7) is 14.6. The molecule has 0 radical (unpaired) electrons. The van der Waals surface area contributed by atoms with Gasteiger partial charge >= 0.3 is 0 Å². The summed E-state index contributed by atoms with van der Waals surface area (Å²) in [5.41, 5.74) is 2.60. The van der Waals surface area contributed by atoms with Gasteiger partial charge in [-0.05, 0) is 73.0 Å². The average molecular weight is 737 g/mol. The molecule has 0 aromatic rings. The highest BCUT2D eigenvalue weighted by atomic mass is 32.2. The minimum atomic E-state index is -3.38. The molecule has 51 heavy (non-hydrogen) atoms. The Labute approximate surface area is 305 Å². The lowest BCUT2D eigenvalue weighted by Gasteiger charge is -2.42. The van der Waals surface area contributed by atoms with Crippen molar-refractivity contribution in [1.82, 2.24) is 30.6 Å². The smallest absolute Gasteiger partial charge is 0.289 e. The number of nitrogens with zero attached hydrogens (tertiary/aromatic N) is 2. The normalized spacial score (nSPS) is 25.6. The molecule has 4 N–H and O–H groups in total. The number of ketones is 1. The summed E-state index contributed by atoms with van der Waals surface area (Å²) in [5.74, 6) is -1.84. The molecule has 3 amide bonds. The number of carbonyl (C=O) groups excluding carboxylic acids is 4. The third-order valence-electron chi connectivity index (χ3n) is 12.3. The fourth-order valence-electron chi connectivity index (χ4n) is 8.74. The van der Waals surface area contributed by atoms with Gasteiger partial charge in [0, 0.05) is 32.7 Å². The Morgan fingerprint density at radius 2 is 1.75 bits per heavy atom. The van der Waals surface area contributed by atoms with Gasteiger partial charge in [-0.1, -0.05) is 66.4 Å². The molecule has 6 atom stereocenters. The molecule has 3 aliphatic carbocycles. The molecule has 1 aliphatic heterocycles. The monoisotopic (exact) mass is 736 g/mol. The van der Waals surface area contributed by atoms with Crippen LogP contribution in [0.4, 0.5) is 0 Å². The Morgan fingerprint density at radius 3 is 2.31 bits per heavy atom. The van der Waals surface area contributed by atoms with E-state index in [0.717, 1.165) is 57.8 Å². The van der Waals surface area contributed by atoms with Gasteiger partial charge in [0.1, 0.15) is 18.8 Å². The summed E-state index contributed by atoms with van der Waals surface area (Å²) in [4.78, 5) is 62.8. The van der Waals surface area contributed by atoms with Crippen LogP contribution in [0.3, 0.4) is 0 Å². The average Bonchev–Trinajstić information content (AvgIpc) is 3.63. The first-order valence-corrected chi connectivity index (χ1v) is 20.8. The predicted molar refractivity (Wildman–Crippen MR) is 196 cm³/mol. The fourth-order valence-corrected chi connectivity index (χ4v) is 9.16. The van der Waals surface area contributed by atoms with Crippen molar-refractivity contribution in [2.45, 2.75) is 129 Å². The number of likely N-dealkylation sites (N-methyl/N-ethyl adjacent to an activating group) is 1. The van der Waals surface area contributed by atoms with Gasteiger partial charge in [-0.3, -0.25) is 29.3 Å². The topological polar surface area (TPSA) is 166 Å². The van der Waals surface area contributed by atoms with E-state index >= 15 is 0 Å². The van der Waals surface area contributed by atoms with Gasteiger partial charge in [-0.25, -0.2) is 12.7 Å². The SMILES string of the molecule is C=CCNC(=O)C(=O)C(CCC)NC(=O)[C@@H]1[C@H]2CCC3(CC3)[C@H]2CN1C(=O)[C@@H](NOCN[C@H](CN(C)S(C)(=O)=O)C(C)(C)C)C1(C)CCCCC1. The van der Waals surface area contributed by atoms with E-state index in [1.54, 1.807) is 11.9 Å². The largest absolute Gasteiger partial charge is 0.346 e. The van der Waals surface area contributed by atoms with Crippen LogP contribution in [0.5, 0.6) is 0 Å². The number of hydrogen-bond acceptors (Lipinski definition) is 9. The number of hydroxylamine groups is 1. The highest BCUT2D eigenvalue weighted by molar-refractivity contribution is 7.88. The maximum atomic E-state index is 14.9. The minimum absolute atomic E-state index is 0.0230. The zero-order valence-electron chi connectivity index (χ0n) is 32.0. The molecule has 3 saturated carbocycles. The Bertz CT molecular complexity index is 1390. The van der Waals surface area contributed by atoms with E-state index in [9.17, 15) is 27.6 Å². The van der Waals surface area contributed by atoms with Gasteiger partial charge in [0.05, 0.1) is 12.3 Å². The van der Waals surface area contributed by atoms with E-state index in [1.165, 1.54) is 16.6 Å². The first-order valence-electron chi connectivity index (χ1n) is 18.9. The van der Waals surface area contributed by atoms with Crippen molar-refractivity contribution < 1.29 is 32.4 Å². The van der Waals surface area contributed by atoms with Crippen molar-refractivity contribution in [2.24, 2.45) is 28.1 Å². The van der Waals surface area contributed by atoms with Crippen molar-refractivity contribution in [3.63, 3.8) is 0 Å². The molecule has 4 aliphatic rings. The van der Waals surface area contributed by atoms with Crippen LogP contribution in [0.15, 0.2) is 12.7 Å². The molecule has 290 valence electrons. The number of fused-ring (bicyclic) bond motifs is 2. The summed E-state index contributed by atoms with van der Waals surface area (Å²) >= 11 is 0. The van der Waals surface area contributed by atoms with Crippen molar-refractivity contribution in [3.05, 3.63) is 12.7 Å². The molecule has 14 heteroatoms. The molecule has 13 nitrogen and oxygen atoms in total. The lowest BCUT2D eigenvalue weighted by atomic mass is 9.70. The van der Waals surface area contributed by atoms with E-state index in [1.807, 2.05) is 27.7 Å². The second-order valence-corrected chi connectivity index (χ2v) is 19.1. The third kappa shape index (κ3) is 9.78. The number of Topliss-reactive ketones (excluding diaryl/α,β-unsaturated/α-hetero) is 1. The molecule has 1 saturated heterocycles. The predicted octanol–water partition coefficient (Wildman–Crippen LogP) is 2.87. The highest BCUT2D eigenvalue weighted by Crippen LogP contribution is 2.66. The number of carbonyl (C=O) groups is 4. The Kier molecular flexibility index (Phi) is 13.6. The summed E-state index contributed by atoms with van der Waals surface area (Å²) in [5, 5.41) is 8.78. The van der Waals surface area contributed by atoms with E-state index in [4.69, 9.17) is 4.84 Å². The second-order valence-electron chi connectivity index (χ2n) is 17.0. The van der Waals surface area contributed by atoms with Gasteiger partial charge in [0.2, 0.25) is 27.6 Å². The third-order valence-corrected chi connectivity index (χ3v) is 13.6. The van der Waals surface area contributed by atoms with Crippen LogP contribution in [0, 0.1) is 28.1 Å². The number of sulfonamides is 1. The van der Waals surface area contributed by atoms with Crippen LogP contribution in [0.25, 0.3) is 0 Å². The van der Waals surface area contributed by atoms with Crippen LogP contribution in [0.2, 0.25) is 0 Å². The summed E-state index contributed by atoms with van der Waals surface area (Å²) in [7, 11) is -1.83. The maximum absolute atomic E-state index is 14.9. The van der Waals surface area contributed by atoms with E-state index < -0.39 is 45.3 Å². The molecule has 0 aromatic carbocycles. The van der Waals surface area contributed by atoms with Crippen molar-refractivity contribution in [3.8, 4) is 0 Å². The number of hydrogen-bond donors (Lipinski definition) is 4. The van der Waals surface area contributed by atoms with E-state index in [0.29, 0.717) is 19.4 Å². The quantitative estimate of drug-likeness (QED) is 0.0545. The fraction of sp³-hybridized carbons (Fsp3) is 0.838. The van der Waals surface area contributed by atoms with Crippen LogP contribution in [-0.2, 0) is 34.0 Å². The van der Waals surface area contributed by atoms with E-state index in [2.05, 4.69) is 34.9 Å². The van der Waals surface area contributed by atoms with Crippen molar-refractivity contribution >= 4 is 33.5 Å². The Morgan fingerprint density at radius 1 is 1.08 bits per heavy atom. The lowest BCUT2D eigenvalue weighted by molar-refractivity contribution is -0.151. The molecule has 0 bridgehead atoms. The highest BCUT2D eigenvalue weighted by Gasteiger charge is 2.64. The minimum Gasteiger partial charge on any atom is -0.346 e. The molecule has 0 aromatic heterocycles. The summed E-state index contributed by atoms with van der Waals surface area (Å²) in [6.07, 6.45) is 12.3. The number of likely N-dealkylation sites (tertiary alicyclic amines) is 1. The van der Waals surface area contributed by atoms with Crippen LogP contribution in [-0.4, -0.2) is 105 Å². The van der Waals surface area contributed by atoms with Crippen molar-refractivity contribution in [2.75, 3.05) is 39.7 Å². The van der Waals surface area contributed by atoms with Gasteiger partial charge in [-0.15, -0.1) is 6.58 Å². The molecule has 1 unspecified atom stereocenters. The zero-order valence-corrected chi connectivity index (χ0v) is 32.8. The van der Waals surface area contributed by atoms with Gasteiger partial charge in [-0.2, -0.15) is 5.48 Å². The van der Waals surface area contributed by atoms with Crippen LogP contribution >= 0.6 is 0 Å².